The van der Waals surface area contributed by atoms with Crippen molar-refractivity contribution in [2.45, 2.75) is 27.7 Å². The number of methoxy groups -OCH3 is 2. The topological polar surface area (TPSA) is 47.6 Å². The van der Waals surface area contributed by atoms with E-state index in [4.69, 9.17) is 9.47 Å². The van der Waals surface area contributed by atoms with Gasteiger partial charge in [0.25, 0.3) is 0 Å². The zero-order chi connectivity index (χ0) is 14.6. The van der Waals surface area contributed by atoms with Gasteiger partial charge in [-0.25, -0.2) is 0 Å². The second kappa shape index (κ2) is 5.95. The maximum absolute atomic E-state index is 11.7. The number of rotatable bonds is 5. The lowest BCUT2D eigenvalue weighted by Crippen LogP contribution is -2.20. The van der Waals surface area contributed by atoms with Crippen LogP contribution in [0.5, 0.6) is 11.5 Å². The Labute approximate surface area is 115 Å². The molecule has 0 bridgehead atoms. The van der Waals surface area contributed by atoms with Crippen LogP contribution >= 0.6 is 0 Å². The molecular weight excluding hydrogens is 242 g/mol. The average molecular weight is 265 g/mol. The third-order valence-corrected chi connectivity index (χ3v) is 2.71. The van der Waals surface area contributed by atoms with E-state index < -0.39 is 0 Å². The number of carbonyl (C=O) groups is 1. The van der Waals surface area contributed by atoms with Crippen molar-refractivity contribution >= 4 is 11.5 Å². The first-order valence-corrected chi connectivity index (χ1v) is 6.29. The molecule has 0 aliphatic carbocycles. The largest absolute Gasteiger partial charge is 0.493 e. The first-order valence-electron chi connectivity index (χ1n) is 6.29. The molecule has 0 unspecified atom stereocenters. The maximum Gasteiger partial charge on any atom is 0.162 e. The molecule has 1 N–H and O–H groups in total. The monoisotopic (exact) mass is 265 g/mol. The fourth-order valence-corrected chi connectivity index (χ4v) is 1.68. The summed E-state index contributed by atoms with van der Waals surface area (Å²) in [6, 6.07) is 3.52. The fourth-order valence-electron chi connectivity index (χ4n) is 1.68. The van der Waals surface area contributed by atoms with Gasteiger partial charge in [0.15, 0.2) is 17.3 Å². The molecule has 1 aromatic rings. The third-order valence-electron chi connectivity index (χ3n) is 2.71. The lowest BCUT2D eigenvalue weighted by molar-refractivity contribution is 0.101. The summed E-state index contributed by atoms with van der Waals surface area (Å²) < 4.78 is 10.5. The van der Waals surface area contributed by atoms with Gasteiger partial charge in [0.05, 0.1) is 14.2 Å². The predicted octanol–water partition coefficient (Wildman–Crippen LogP) is 3.36. The van der Waals surface area contributed by atoms with Crippen LogP contribution in [0.2, 0.25) is 0 Å². The Morgan fingerprint density at radius 2 is 1.68 bits per heavy atom. The van der Waals surface area contributed by atoms with Crippen molar-refractivity contribution in [3.63, 3.8) is 0 Å². The molecular formula is C15H23NO3. The number of Topliss-reactive ketones (excluding diaryl/α,β-unsaturated/α-hetero) is 1. The zero-order valence-corrected chi connectivity index (χ0v) is 12.6. The molecule has 0 radical (unpaired) electrons. The summed E-state index contributed by atoms with van der Waals surface area (Å²) in [6.45, 7) is 8.71. The third kappa shape index (κ3) is 4.16. The van der Waals surface area contributed by atoms with Crippen LogP contribution in [0.4, 0.5) is 5.69 Å². The maximum atomic E-state index is 11.7. The molecule has 1 aromatic carbocycles. The van der Waals surface area contributed by atoms with E-state index in [-0.39, 0.29) is 11.2 Å². The predicted molar refractivity (Wildman–Crippen MR) is 77.5 cm³/mol. The van der Waals surface area contributed by atoms with E-state index in [9.17, 15) is 4.79 Å². The Morgan fingerprint density at radius 1 is 1.16 bits per heavy atom. The molecule has 0 heterocycles. The summed E-state index contributed by atoms with van der Waals surface area (Å²) >= 11 is 0. The normalized spacial score (nSPS) is 11.1. The number of anilines is 1. The first kappa shape index (κ1) is 15.3. The minimum absolute atomic E-state index is 0.00244. The summed E-state index contributed by atoms with van der Waals surface area (Å²) in [4.78, 5) is 11.7. The lowest BCUT2D eigenvalue weighted by Gasteiger charge is -2.21. The Hall–Kier alpha value is -1.71. The summed E-state index contributed by atoms with van der Waals surface area (Å²) in [5.74, 6) is 1.18. The number of ketones is 1. The number of nitrogens with one attached hydrogen (secondary N) is 1. The molecule has 4 heteroatoms. The Bertz CT molecular complexity index is 461. The molecule has 0 saturated carbocycles. The summed E-state index contributed by atoms with van der Waals surface area (Å²) in [6.07, 6.45) is 0. The molecule has 0 aliphatic heterocycles. The van der Waals surface area contributed by atoms with E-state index in [1.807, 2.05) is 0 Å². The van der Waals surface area contributed by atoms with Crippen molar-refractivity contribution in [2.24, 2.45) is 5.41 Å². The van der Waals surface area contributed by atoms with Crippen molar-refractivity contribution < 1.29 is 14.3 Å². The second-order valence-electron chi connectivity index (χ2n) is 5.72. The molecule has 4 nitrogen and oxygen atoms in total. The van der Waals surface area contributed by atoms with Crippen LogP contribution in [0.15, 0.2) is 12.1 Å². The van der Waals surface area contributed by atoms with E-state index in [0.29, 0.717) is 17.1 Å². The van der Waals surface area contributed by atoms with E-state index in [1.165, 1.54) is 0 Å². The number of benzene rings is 1. The number of hydrogen-bond acceptors (Lipinski definition) is 4. The summed E-state index contributed by atoms with van der Waals surface area (Å²) in [7, 11) is 3.14. The highest BCUT2D eigenvalue weighted by Crippen LogP contribution is 2.34. The molecule has 0 saturated heterocycles. The summed E-state index contributed by atoms with van der Waals surface area (Å²) in [5.41, 5.74) is 1.52. The van der Waals surface area contributed by atoms with E-state index in [0.717, 1.165) is 12.2 Å². The van der Waals surface area contributed by atoms with Crippen LogP contribution < -0.4 is 14.8 Å². The number of ether oxygens (including phenoxy) is 2. The van der Waals surface area contributed by atoms with Gasteiger partial charge in [-0.05, 0) is 18.4 Å². The molecule has 0 aromatic heterocycles. The second-order valence-corrected chi connectivity index (χ2v) is 5.72. The molecule has 106 valence electrons. The van der Waals surface area contributed by atoms with Gasteiger partial charge in [0.1, 0.15) is 0 Å². The van der Waals surface area contributed by atoms with Gasteiger partial charge in [-0.1, -0.05) is 20.8 Å². The fraction of sp³-hybridized carbons (Fsp3) is 0.533. The summed E-state index contributed by atoms with van der Waals surface area (Å²) in [5, 5.41) is 3.30. The highest BCUT2D eigenvalue weighted by atomic mass is 16.5. The molecule has 0 fully saturated rings. The van der Waals surface area contributed by atoms with Crippen LogP contribution in [0, 0.1) is 5.41 Å². The average Bonchev–Trinajstić information content (AvgIpc) is 2.33. The molecule has 0 aliphatic rings. The number of carbonyl (C=O) groups excluding carboxylic acids is 1. The molecule has 1 rings (SSSR count). The van der Waals surface area contributed by atoms with Crippen molar-refractivity contribution in [3.8, 4) is 11.5 Å². The Balaban J connectivity index is 3.16. The number of hydrogen-bond donors (Lipinski definition) is 1. The van der Waals surface area contributed by atoms with Gasteiger partial charge in [0, 0.05) is 23.9 Å². The molecule has 0 spiro atoms. The van der Waals surface area contributed by atoms with Crippen molar-refractivity contribution in [1.29, 1.82) is 0 Å². The first-order chi connectivity index (χ1) is 8.78. The van der Waals surface area contributed by atoms with Crippen LogP contribution in [-0.2, 0) is 0 Å². The zero-order valence-electron chi connectivity index (χ0n) is 12.6. The van der Waals surface area contributed by atoms with Crippen LogP contribution in [0.1, 0.15) is 38.1 Å². The minimum Gasteiger partial charge on any atom is -0.493 e. The lowest BCUT2D eigenvalue weighted by atomic mass is 9.96. The van der Waals surface area contributed by atoms with Crippen LogP contribution in [0.25, 0.3) is 0 Å². The Kier molecular flexibility index (Phi) is 4.81. The van der Waals surface area contributed by atoms with Gasteiger partial charge in [-0.15, -0.1) is 0 Å². The van der Waals surface area contributed by atoms with E-state index in [2.05, 4.69) is 26.1 Å². The van der Waals surface area contributed by atoms with Crippen molar-refractivity contribution in [3.05, 3.63) is 17.7 Å². The smallest absolute Gasteiger partial charge is 0.162 e. The van der Waals surface area contributed by atoms with E-state index in [1.54, 1.807) is 33.3 Å². The van der Waals surface area contributed by atoms with Gasteiger partial charge < -0.3 is 14.8 Å². The molecule has 0 atom stereocenters. The van der Waals surface area contributed by atoms with Gasteiger partial charge in [0.2, 0.25) is 0 Å². The van der Waals surface area contributed by atoms with Crippen molar-refractivity contribution in [1.82, 2.24) is 0 Å². The van der Waals surface area contributed by atoms with Crippen LogP contribution in [-0.4, -0.2) is 26.5 Å². The SMILES string of the molecule is COc1cc(NCC(C)(C)C)c(C(C)=O)cc1OC. The van der Waals surface area contributed by atoms with Crippen molar-refractivity contribution in [2.75, 3.05) is 26.1 Å². The van der Waals surface area contributed by atoms with E-state index >= 15 is 0 Å². The van der Waals surface area contributed by atoms with Crippen LogP contribution in [0.3, 0.4) is 0 Å². The molecule has 0 amide bonds. The minimum atomic E-state index is -0.00244. The highest BCUT2D eigenvalue weighted by molar-refractivity contribution is 6.00. The van der Waals surface area contributed by atoms with Gasteiger partial charge in [-0.2, -0.15) is 0 Å². The standard InChI is InChI=1S/C15H23NO3/c1-10(17)11-7-13(18-5)14(19-6)8-12(11)16-9-15(2,3)4/h7-8,16H,9H2,1-6H3. The van der Waals surface area contributed by atoms with Gasteiger partial charge >= 0.3 is 0 Å². The molecule has 19 heavy (non-hydrogen) atoms. The Morgan fingerprint density at radius 3 is 2.11 bits per heavy atom. The van der Waals surface area contributed by atoms with Gasteiger partial charge in [-0.3, -0.25) is 4.79 Å². The highest BCUT2D eigenvalue weighted by Gasteiger charge is 2.16. The quantitative estimate of drug-likeness (QED) is 0.829.